The maximum atomic E-state index is 10.1. The number of fused-ring (bicyclic) bond motifs is 3. The van der Waals surface area contributed by atoms with Crippen molar-refractivity contribution in [3.8, 4) is 0 Å². The summed E-state index contributed by atoms with van der Waals surface area (Å²) in [5.74, 6) is 0.612. The molecule has 2 aliphatic rings. The zero-order valence-electron chi connectivity index (χ0n) is 10.8. The lowest BCUT2D eigenvalue weighted by molar-refractivity contribution is -0.0512. The number of rotatable bonds is 2. The molecule has 0 saturated carbocycles. The van der Waals surface area contributed by atoms with E-state index in [0.717, 1.165) is 0 Å². The molecule has 0 bridgehead atoms. The zero-order valence-corrected chi connectivity index (χ0v) is 10.8. The van der Waals surface area contributed by atoms with Gasteiger partial charge >= 0.3 is 0 Å². The maximum absolute atomic E-state index is 10.1. The van der Waals surface area contributed by atoms with Crippen molar-refractivity contribution in [3.63, 3.8) is 0 Å². The quantitative estimate of drug-likeness (QED) is 0.444. The lowest BCUT2D eigenvalue weighted by atomic mass is 10.1. The predicted molar refractivity (Wildman–Crippen MR) is 69.6 cm³/mol. The fourth-order valence-corrected chi connectivity index (χ4v) is 2.71. The predicted octanol–water partition coefficient (Wildman–Crippen LogP) is -1.73. The van der Waals surface area contributed by atoms with Gasteiger partial charge in [-0.25, -0.2) is 9.97 Å². The second-order valence-electron chi connectivity index (χ2n) is 5.06. The molecule has 4 heterocycles. The summed E-state index contributed by atoms with van der Waals surface area (Å²) in [5.41, 5.74) is 0.967. The van der Waals surface area contributed by atoms with Crippen LogP contribution in [0.15, 0.2) is 6.33 Å². The molecule has 2 aromatic rings. The summed E-state index contributed by atoms with van der Waals surface area (Å²) in [7, 11) is 0. The van der Waals surface area contributed by atoms with Gasteiger partial charge in [0.1, 0.15) is 24.1 Å². The minimum Gasteiger partial charge on any atom is -0.394 e. The molecule has 110 valence electrons. The molecule has 4 atom stereocenters. The van der Waals surface area contributed by atoms with Crippen LogP contribution in [0.1, 0.15) is 12.1 Å². The van der Waals surface area contributed by atoms with Gasteiger partial charge in [-0.15, -0.1) is 0 Å². The van der Waals surface area contributed by atoms with Crippen LogP contribution in [0.2, 0.25) is 0 Å². The molecule has 1 saturated heterocycles. The summed E-state index contributed by atoms with van der Waals surface area (Å²) in [6, 6.07) is 0. The van der Waals surface area contributed by atoms with E-state index in [0.29, 0.717) is 17.0 Å². The number of hydrogen-bond donors (Lipinski definition) is 4. The Labute approximate surface area is 117 Å². The SMILES string of the molecule is N=c1nc2n(c3c1ncn3[C@@H]1O[C@H](CO)[C@@H](O)[C@H]1O)C=C2. The Bertz CT molecular complexity index is 810. The van der Waals surface area contributed by atoms with E-state index in [-0.39, 0.29) is 5.49 Å². The zero-order chi connectivity index (χ0) is 14.7. The van der Waals surface area contributed by atoms with Crippen LogP contribution in [0.3, 0.4) is 0 Å². The van der Waals surface area contributed by atoms with Crippen LogP contribution in [-0.2, 0) is 4.74 Å². The number of ether oxygens (including phenoxy) is 1. The van der Waals surface area contributed by atoms with Gasteiger partial charge in [0.25, 0.3) is 0 Å². The first-order valence-corrected chi connectivity index (χ1v) is 6.46. The second kappa shape index (κ2) is 4.21. The molecule has 9 nitrogen and oxygen atoms in total. The Hall–Kier alpha value is -2.07. The van der Waals surface area contributed by atoms with Crippen molar-refractivity contribution < 1.29 is 20.1 Å². The Balaban J connectivity index is 1.88. The van der Waals surface area contributed by atoms with E-state index in [1.807, 2.05) is 0 Å². The number of imidazole rings is 1. The number of hydrogen-bond acceptors (Lipinski definition) is 7. The van der Waals surface area contributed by atoms with Gasteiger partial charge < -0.3 is 20.1 Å². The lowest BCUT2D eigenvalue weighted by Crippen LogP contribution is -2.33. The van der Waals surface area contributed by atoms with E-state index < -0.39 is 31.1 Å². The number of aliphatic hydroxyl groups is 3. The van der Waals surface area contributed by atoms with E-state index in [1.54, 1.807) is 21.4 Å². The van der Waals surface area contributed by atoms with Crippen LogP contribution in [0, 0.1) is 5.41 Å². The Kier molecular flexibility index (Phi) is 2.54. The van der Waals surface area contributed by atoms with Crippen LogP contribution in [0.25, 0.3) is 23.4 Å². The van der Waals surface area contributed by atoms with E-state index in [2.05, 4.69) is 9.97 Å². The van der Waals surface area contributed by atoms with Crippen molar-refractivity contribution in [2.24, 2.45) is 0 Å². The van der Waals surface area contributed by atoms with E-state index in [4.69, 9.17) is 15.3 Å². The highest BCUT2D eigenvalue weighted by Gasteiger charge is 2.44. The average molecular weight is 291 g/mol. The van der Waals surface area contributed by atoms with Gasteiger partial charge in [0, 0.05) is 6.20 Å². The number of aromatic nitrogens is 4. The van der Waals surface area contributed by atoms with Crippen molar-refractivity contribution in [3.05, 3.63) is 17.6 Å². The van der Waals surface area contributed by atoms with Crippen molar-refractivity contribution in [1.29, 1.82) is 5.41 Å². The summed E-state index contributed by atoms with van der Waals surface area (Å²) in [6.07, 6.45) is 0.851. The van der Waals surface area contributed by atoms with Crippen LogP contribution >= 0.6 is 0 Å². The Morgan fingerprint density at radius 3 is 2.76 bits per heavy atom. The molecule has 1 fully saturated rings. The first-order chi connectivity index (χ1) is 10.1. The van der Waals surface area contributed by atoms with E-state index >= 15 is 0 Å². The van der Waals surface area contributed by atoms with Crippen LogP contribution in [0.4, 0.5) is 0 Å². The van der Waals surface area contributed by atoms with Gasteiger partial charge in [-0.2, -0.15) is 0 Å². The van der Waals surface area contributed by atoms with Crippen LogP contribution in [-0.4, -0.2) is 59.3 Å². The molecular weight excluding hydrogens is 278 g/mol. The summed E-state index contributed by atoms with van der Waals surface area (Å²) >= 11 is 0. The average Bonchev–Trinajstić information content (AvgIpc) is 2.98. The van der Waals surface area contributed by atoms with Crippen LogP contribution in [0.5, 0.6) is 0 Å². The van der Waals surface area contributed by atoms with Crippen molar-refractivity contribution >= 4 is 23.4 Å². The molecule has 9 heteroatoms. The minimum atomic E-state index is -1.19. The normalized spacial score (nSPS) is 30.6. The summed E-state index contributed by atoms with van der Waals surface area (Å²) in [5, 5.41) is 37.0. The summed E-state index contributed by atoms with van der Waals surface area (Å²) in [4.78, 5) is 8.20. The molecule has 0 unspecified atom stereocenters. The highest BCUT2D eigenvalue weighted by molar-refractivity contribution is 5.81. The van der Waals surface area contributed by atoms with Gasteiger partial charge in [0.2, 0.25) is 0 Å². The second-order valence-corrected chi connectivity index (χ2v) is 5.06. The Morgan fingerprint density at radius 1 is 1.33 bits per heavy atom. The highest BCUT2D eigenvalue weighted by Crippen LogP contribution is 2.32. The molecule has 2 aromatic heterocycles. The number of aliphatic hydroxyl groups excluding tert-OH is 3. The molecular formula is C12H13N5O4. The molecule has 0 radical (unpaired) electrons. The molecule has 21 heavy (non-hydrogen) atoms. The fraction of sp³-hybridized carbons (Fsp3) is 0.417. The highest BCUT2D eigenvalue weighted by atomic mass is 16.6. The van der Waals surface area contributed by atoms with Crippen molar-refractivity contribution in [1.82, 2.24) is 19.1 Å². The number of nitrogens with one attached hydrogen (secondary N) is 1. The summed E-state index contributed by atoms with van der Waals surface area (Å²) in [6.45, 7) is -0.391. The summed E-state index contributed by atoms with van der Waals surface area (Å²) < 4.78 is 8.78. The van der Waals surface area contributed by atoms with E-state index in [1.165, 1.54) is 6.33 Å². The third kappa shape index (κ3) is 1.56. The monoisotopic (exact) mass is 291 g/mol. The van der Waals surface area contributed by atoms with Gasteiger partial charge in [-0.05, 0) is 6.08 Å². The maximum Gasteiger partial charge on any atom is 0.176 e. The topological polar surface area (TPSA) is 129 Å². The molecule has 4 N–H and O–H groups in total. The minimum absolute atomic E-state index is 0.0334. The van der Waals surface area contributed by atoms with Gasteiger partial charge in [0.05, 0.1) is 12.9 Å². The molecule has 0 aliphatic carbocycles. The molecule has 0 aromatic carbocycles. The third-order valence-corrected chi connectivity index (χ3v) is 3.86. The first kappa shape index (κ1) is 12.7. The fourth-order valence-electron chi connectivity index (χ4n) is 2.71. The molecule has 0 spiro atoms. The molecule has 2 aliphatic heterocycles. The lowest BCUT2D eigenvalue weighted by Gasteiger charge is -2.21. The van der Waals surface area contributed by atoms with E-state index in [9.17, 15) is 10.2 Å². The van der Waals surface area contributed by atoms with Gasteiger partial charge in [0.15, 0.2) is 22.9 Å². The van der Waals surface area contributed by atoms with Gasteiger partial charge in [-0.1, -0.05) is 0 Å². The largest absolute Gasteiger partial charge is 0.394 e. The van der Waals surface area contributed by atoms with Crippen molar-refractivity contribution in [2.75, 3.05) is 6.61 Å². The first-order valence-electron chi connectivity index (χ1n) is 6.46. The van der Waals surface area contributed by atoms with Gasteiger partial charge in [-0.3, -0.25) is 14.5 Å². The molecule has 0 amide bonds. The van der Waals surface area contributed by atoms with Crippen molar-refractivity contribution in [2.45, 2.75) is 24.5 Å². The van der Waals surface area contributed by atoms with Crippen LogP contribution < -0.4 is 5.49 Å². The third-order valence-electron chi connectivity index (χ3n) is 3.86. The standard InChI is InChI=1S/C12H13N5O4/c13-10-7-11(16-2-1-6(16)15-10)17(4-14-7)12-9(20)8(19)5(3-18)21-12/h1-2,4-5,8-9,12-13,18-20H,3H2/t5-,8-,9-,12-/m1/s1. The molecule has 4 rings (SSSR count). The Morgan fingerprint density at radius 2 is 2.14 bits per heavy atom. The number of nitrogens with zero attached hydrogens (tertiary/aromatic N) is 4. The smallest absolute Gasteiger partial charge is 0.176 e.